The van der Waals surface area contributed by atoms with Gasteiger partial charge in [0.2, 0.25) is 0 Å². The highest BCUT2D eigenvalue weighted by atomic mass is 19.1. The van der Waals surface area contributed by atoms with Crippen molar-refractivity contribution in [1.29, 1.82) is 0 Å². The van der Waals surface area contributed by atoms with Gasteiger partial charge < -0.3 is 19.1 Å². The van der Waals surface area contributed by atoms with E-state index in [0.29, 0.717) is 33.7 Å². The minimum absolute atomic E-state index is 0.0145. The third-order valence-corrected chi connectivity index (χ3v) is 10.5. The third-order valence-electron chi connectivity index (χ3n) is 10.5. The number of fused-ring (bicyclic) bond motifs is 5. The van der Waals surface area contributed by atoms with Crippen LogP contribution in [-0.4, -0.2) is 54.4 Å². The summed E-state index contributed by atoms with van der Waals surface area (Å²) in [6.07, 6.45) is 3.12. The number of hydrogen-bond donors (Lipinski definition) is 1. The van der Waals surface area contributed by atoms with Gasteiger partial charge in [0, 0.05) is 44.0 Å². The van der Waals surface area contributed by atoms with Crippen molar-refractivity contribution >= 4 is 22.6 Å². The second-order valence-corrected chi connectivity index (χ2v) is 13.0. The fraction of sp³-hybridized carbons (Fsp3) is 0.371. The van der Waals surface area contributed by atoms with Gasteiger partial charge in [-0.3, -0.25) is 14.4 Å². The minimum atomic E-state index is -1.30. The summed E-state index contributed by atoms with van der Waals surface area (Å²) in [6, 6.07) is 6.34. The number of carbonyl (C=O) groups excluding carboxylic acids is 2. The van der Waals surface area contributed by atoms with Gasteiger partial charge in [-0.1, -0.05) is 19.1 Å². The molecule has 13 nitrogen and oxygen atoms in total. The Morgan fingerprint density at radius 2 is 1.76 bits per heavy atom. The van der Waals surface area contributed by atoms with E-state index in [9.17, 15) is 33.5 Å². The van der Waals surface area contributed by atoms with Crippen LogP contribution in [0.25, 0.3) is 11.0 Å². The first-order chi connectivity index (χ1) is 23.3. The summed E-state index contributed by atoms with van der Waals surface area (Å²) in [5, 5.41) is 9.92. The number of Topliss-reactive ketones (excluding diaryl/α,β-unsaturated/α-hetero) is 1. The standard InChI is InChI=1S/C35H34FN5O8/c1-17-12-29(43)35(2)20(31(17)44)14-24-19(30(35)18-6-7-26(42)21(36)13-18)8-11-40-33(46)39(34(47)41(24)40)10-9-22-32(45)38(3)25-16-28(49-5)27(48-4)15-23(25)37-22/h6-8,12-13,15-16,20,24,30,42H,9-11,14H2,1-5H3/t20-,24+,30-,35-/m0/s1. The van der Waals surface area contributed by atoms with Crippen LogP contribution in [0.15, 0.2) is 68.0 Å². The molecule has 7 rings (SSSR count). The van der Waals surface area contributed by atoms with Crippen LogP contribution in [0.4, 0.5) is 4.39 Å². The van der Waals surface area contributed by atoms with Gasteiger partial charge in [-0.2, -0.15) is 0 Å². The fourth-order valence-electron chi connectivity index (χ4n) is 7.96. The lowest BCUT2D eigenvalue weighted by Gasteiger charge is -2.52. The zero-order chi connectivity index (χ0) is 35.1. The number of hydrogen-bond acceptors (Lipinski definition) is 9. The summed E-state index contributed by atoms with van der Waals surface area (Å²) in [5.41, 5.74) is -0.595. The zero-order valence-corrected chi connectivity index (χ0v) is 27.5. The predicted octanol–water partition coefficient (Wildman–Crippen LogP) is 2.55. The van der Waals surface area contributed by atoms with E-state index in [4.69, 9.17) is 9.47 Å². The van der Waals surface area contributed by atoms with E-state index < -0.39 is 51.8 Å². The summed E-state index contributed by atoms with van der Waals surface area (Å²) in [4.78, 5) is 73.1. The number of halogens is 1. The smallest absolute Gasteiger partial charge is 0.347 e. The number of phenols is 1. The van der Waals surface area contributed by atoms with E-state index in [1.807, 2.05) is 0 Å². The summed E-state index contributed by atoms with van der Waals surface area (Å²) in [6.45, 7) is 3.09. The van der Waals surface area contributed by atoms with Gasteiger partial charge in [0.25, 0.3) is 5.56 Å². The Morgan fingerprint density at radius 1 is 1.04 bits per heavy atom. The Kier molecular flexibility index (Phi) is 7.37. The van der Waals surface area contributed by atoms with E-state index in [1.54, 1.807) is 39.1 Å². The van der Waals surface area contributed by atoms with Crippen molar-refractivity contribution in [3.63, 3.8) is 0 Å². The molecule has 0 spiro atoms. The largest absolute Gasteiger partial charge is 0.505 e. The summed E-state index contributed by atoms with van der Waals surface area (Å²) in [5.74, 6) is -2.84. The second kappa shape index (κ2) is 11.3. The number of aromatic hydroxyl groups is 1. The predicted molar refractivity (Wildman–Crippen MR) is 175 cm³/mol. The number of aromatic nitrogens is 5. The van der Waals surface area contributed by atoms with Crippen molar-refractivity contribution in [3.8, 4) is 17.2 Å². The lowest BCUT2D eigenvalue weighted by molar-refractivity contribution is -0.139. The van der Waals surface area contributed by atoms with Crippen molar-refractivity contribution in [1.82, 2.24) is 23.5 Å². The topological polar surface area (TPSA) is 157 Å². The third kappa shape index (κ3) is 4.56. The lowest BCUT2D eigenvalue weighted by Crippen LogP contribution is -2.54. The monoisotopic (exact) mass is 671 g/mol. The number of aryl methyl sites for hydroxylation is 2. The molecule has 4 aromatic rings. The first kappa shape index (κ1) is 32.0. The van der Waals surface area contributed by atoms with Crippen LogP contribution in [0.3, 0.4) is 0 Å². The molecule has 1 fully saturated rings. The van der Waals surface area contributed by atoms with Crippen LogP contribution in [-0.2, 0) is 36.1 Å². The van der Waals surface area contributed by atoms with Gasteiger partial charge in [-0.15, -0.1) is 0 Å². The molecule has 0 amide bonds. The Morgan fingerprint density at radius 3 is 2.45 bits per heavy atom. The van der Waals surface area contributed by atoms with Crippen LogP contribution in [0.5, 0.6) is 17.2 Å². The molecule has 1 saturated carbocycles. The SMILES string of the molecule is COc1cc2nc(CCn3c(=O)n4n(c3=O)[C@@H]3C[C@H]5C(=O)C(C)=CC(=O)[C@@]5(C)[C@@H](c5ccc(O)c(F)c5)C3=CC4)c(=O)n(C)c2cc1OC. The molecule has 0 radical (unpaired) electrons. The highest BCUT2D eigenvalue weighted by Crippen LogP contribution is 2.59. The Balaban J connectivity index is 1.30. The van der Waals surface area contributed by atoms with Crippen LogP contribution in [0.2, 0.25) is 0 Å². The molecule has 0 bridgehead atoms. The molecular weight excluding hydrogens is 637 g/mol. The number of benzene rings is 2. The van der Waals surface area contributed by atoms with Crippen LogP contribution in [0, 0.1) is 17.2 Å². The Bertz CT molecular complexity index is 2360. The number of rotatable bonds is 6. The molecule has 3 heterocycles. The molecule has 1 N–H and O–H groups in total. The molecule has 0 unspecified atom stereocenters. The van der Waals surface area contributed by atoms with Gasteiger partial charge in [0.15, 0.2) is 34.6 Å². The maximum Gasteiger partial charge on any atom is 0.347 e. The molecule has 2 aromatic carbocycles. The summed E-state index contributed by atoms with van der Waals surface area (Å²) in [7, 11) is 4.56. The van der Waals surface area contributed by atoms with Crippen molar-refractivity contribution in [3.05, 3.63) is 102 Å². The second-order valence-electron chi connectivity index (χ2n) is 13.0. The average molecular weight is 672 g/mol. The molecular formula is C35H34FN5O8. The molecule has 49 heavy (non-hydrogen) atoms. The quantitative estimate of drug-likeness (QED) is 0.305. The van der Waals surface area contributed by atoms with Gasteiger partial charge in [-0.05, 0) is 48.3 Å². The number of allylic oxidation sites excluding steroid dienone is 4. The maximum absolute atomic E-state index is 14.8. The molecule has 3 aliphatic rings. The number of phenolic OH excluding ortho intramolecular Hbond substituents is 1. The van der Waals surface area contributed by atoms with Crippen molar-refractivity contribution in [2.24, 2.45) is 18.4 Å². The van der Waals surface area contributed by atoms with E-state index in [0.717, 1.165) is 10.6 Å². The molecule has 14 heteroatoms. The summed E-state index contributed by atoms with van der Waals surface area (Å²) >= 11 is 0. The zero-order valence-electron chi connectivity index (χ0n) is 27.5. The van der Waals surface area contributed by atoms with Crippen molar-refractivity contribution < 1.29 is 28.6 Å². The Hall–Kier alpha value is -5.53. The van der Waals surface area contributed by atoms with Crippen LogP contribution in [0.1, 0.15) is 43.5 Å². The van der Waals surface area contributed by atoms with Crippen molar-refractivity contribution in [2.75, 3.05) is 14.2 Å². The van der Waals surface area contributed by atoms with Crippen LogP contribution < -0.4 is 26.4 Å². The lowest BCUT2D eigenvalue weighted by atomic mass is 9.51. The van der Waals surface area contributed by atoms with E-state index >= 15 is 0 Å². The molecule has 0 saturated heterocycles. The average Bonchev–Trinajstić information content (AvgIpc) is 3.33. The normalized spacial score (nSPS) is 23.0. The molecule has 254 valence electrons. The van der Waals surface area contributed by atoms with Crippen molar-refractivity contribution in [2.45, 2.75) is 51.7 Å². The van der Waals surface area contributed by atoms with Gasteiger partial charge >= 0.3 is 11.4 Å². The van der Waals surface area contributed by atoms with Gasteiger partial charge in [0.05, 0.1) is 43.3 Å². The minimum Gasteiger partial charge on any atom is -0.505 e. The van der Waals surface area contributed by atoms with E-state index in [-0.39, 0.29) is 48.8 Å². The first-order valence-electron chi connectivity index (χ1n) is 15.8. The highest BCUT2D eigenvalue weighted by molar-refractivity contribution is 6.13. The molecule has 4 atom stereocenters. The Labute approximate surface area is 278 Å². The van der Waals surface area contributed by atoms with Gasteiger partial charge in [-0.25, -0.2) is 32.9 Å². The maximum atomic E-state index is 14.8. The number of ether oxygens (including phenoxy) is 2. The van der Waals surface area contributed by atoms with E-state index in [1.165, 1.54) is 46.4 Å². The molecule has 2 aromatic heterocycles. The molecule has 1 aliphatic heterocycles. The molecule has 2 aliphatic carbocycles. The first-order valence-corrected chi connectivity index (χ1v) is 15.8. The number of ketones is 2. The fourth-order valence-corrected chi connectivity index (χ4v) is 7.96. The van der Waals surface area contributed by atoms with E-state index in [2.05, 4.69) is 4.98 Å². The number of methoxy groups -OCH3 is 2. The number of carbonyl (C=O) groups is 2. The van der Waals surface area contributed by atoms with Gasteiger partial charge in [0.1, 0.15) is 5.69 Å². The number of nitrogens with zero attached hydrogens (tertiary/aromatic N) is 5. The van der Waals surface area contributed by atoms with Crippen LogP contribution >= 0.6 is 0 Å². The highest BCUT2D eigenvalue weighted by Gasteiger charge is 2.59. The summed E-state index contributed by atoms with van der Waals surface area (Å²) < 4.78 is 30.6.